The third-order valence-corrected chi connectivity index (χ3v) is 7.98. The molecule has 0 radical (unpaired) electrons. The third kappa shape index (κ3) is 5.70. The Hall–Kier alpha value is -2.21. The molecule has 0 unspecified atom stereocenters. The van der Waals surface area contributed by atoms with Crippen molar-refractivity contribution in [3.05, 3.63) is 30.0 Å². The molecule has 34 heavy (non-hydrogen) atoms. The number of carbonyl (C=O) groups is 1. The van der Waals surface area contributed by atoms with Gasteiger partial charge in [0.2, 0.25) is 0 Å². The Morgan fingerprint density at radius 1 is 0.794 bits per heavy atom. The van der Waals surface area contributed by atoms with Crippen molar-refractivity contribution in [2.24, 2.45) is 5.92 Å². The molecule has 0 saturated carbocycles. The van der Waals surface area contributed by atoms with Gasteiger partial charge in [-0.1, -0.05) is 37.8 Å². The number of rotatable bonds is 1. The Bertz CT molecular complexity index is 980. The van der Waals surface area contributed by atoms with E-state index >= 15 is 0 Å². The number of ketones is 1. The SMILES string of the molecule is O=C1CC2CCN(C/C=C/CCCCCCn3nc1c1ccc(N4CCCCCC4)nc13)CC2. The summed E-state index contributed by atoms with van der Waals surface area (Å²) in [6.45, 7) is 6.24. The maximum absolute atomic E-state index is 13.4. The predicted molar refractivity (Wildman–Crippen MR) is 139 cm³/mol. The molecule has 2 aromatic heterocycles. The summed E-state index contributed by atoms with van der Waals surface area (Å²) in [6, 6.07) is 4.24. The summed E-state index contributed by atoms with van der Waals surface area (Å²) in [7, 11) is 0. The van der Waals surface area contributed by atoms with E-state index in [-0.39, 0.29) is 5.78 Å². The predicted octanol–water partition coefficient (Wildman–Crippen LogP) is 5.62. The van der Waals surface area contributed by atoms with Crippen LogP contribution in [-0.2, 0) is 6.54 Å². The lowest BCUT2D eigenvalue weighted by Crippen LogP contribution is -2.34. The number of hydrogen-bond donors (Lipinski definition) is 0. The third-order valence-electron chi connectivity index (χ3n) is 7.98. The first-order valence-corrected chi connectivity index (χ1v) is 13.8. The van der Waals surface area contributed by atoms with Gasteiger partial charge in [0, 0.05) is 32.6 Å². The van der Waals surface area contributed by atoms with Gasteiger partial charge in [0.05, 0.1) is 5.39 Å². The second-order valence-electron chi connectivity index (χ2n) is 10.6. The van der Waals surface area contributed by atoms with Gasteiger partial charge < -0.3 is 4.90 Å². The topological polar surface area (TPSA) is 54.3 Å². The minimum Gasteiger partial charge on any atom is -0.357 e. The molecule has 0 spiro atoms. The summed E-state index contributed by atoms with van der Waals surface area (Å²) in [4.78, 5) is 23.5. The first kappa shape index (κ1) is 23.5. The first-order valence-electron chi connectivity index (χ1n) is 13.8. The molecule has 6 heteroatoms. The van der Waals surface area contributed by atoms with Crippen molar-refractivity contribution in [3.63, 3.8) is 0 Å². The zero-order valence-electron chi connectivity index (χ0n) is 20.8. The molecular formula is C28H41N5O. The van der Waals surface area contributed by atoms with Crippen LogP contribution in [0.15, 0.2) is 24.3 Å². The summed E-state index contributed by atoms with van der Waals surface area (Å²) in [5.74, 6) is 1.72. The van der Waals surface area contributed by atoms with E-state index in [2.05, 4.69) is 34.1 Å². The molecule has 0 amide bonds. The molecule has 6 heterocycles. The van der Waals surface area contributed by atoms with Crippen molar-refractivity contribution >= 4 is 22.6 Å². The fourth-order valence-corrected chi connectivity index (χ4v) is 5.83. The largest absolute Gasteiger partial charge is 0.357 e. The number of fused-ring (bicyclic) bond motifs is 11. The number of nitrogens with zero attached hydrogens (tertiary/aromatic N) is 5. The number of aromatic nitrogens is 3. The van der Waals surface area contributed by atoms with Crippen molar-refractivity contribution in [1.82, 2.24) is 19.7 Å². The fourth-order valence-electron chi connectivity index (χ4n) is 5.83. The van der Waals surface area contributed by atoms with Crippen molar-refractivity contribution < 1.29 is 4.79 Å². The van der Waals surface area contributed by atoms with E-state index in [1.807, 2.05) is 4.68 Å². The van der Waals surface area contributed by atoms with E-state index in [0.717, 1.165) is 75.4 Å². The first-order chi connectivity index (χ1) is 16.8. The Balaban J connectivity index is 1.41. The Kier molecular flexibility index (Phi) is 7.94. The van der Waals surface area contributed by atoms with Crippen LogP contribution < -0.4 is 4.90 Å². The summed E-state index contributed by atoms with van der Waals surface area (Å²) >= 11 is 0. The molecule has 2 saturated heterocycles. The quantitative estimate of drug-likeness (QED) is 0.514. The van der Waals surface area contributed by atoms with Gasteiger partial charge in [0.15, 0.2) is 11.4 Å². The molecule has 0 atom stereocenters. The molecule has 2 fully saturated rings. The number of Topliss-reactive ketones (excluding diaryl/α,β-unsaturated/α-hetero) is 1. The number of allylic oxidation sites excluding steroid dienone is 1. The average molecular weight is 464 g/mol. The van der Waals surface area contributed by atoms with Gasteiger partial charge >= 0.3 is 0 Å². The molecule has 4 bridgehead atoms. The Labute approximate surface area is 204 Å². The van der Waals surface area contributed by atoms with E-state index in [9.17, 15) is 4.79 Å². The summed E-state index contributed by atoms with van der Waals surface area (Å²) < 4.78 is 2.04. The minimum absolute atomic E-state index is 0.201. The van der Waals surface area contributed by atoms with E-state index in [4.69, 9.17) is 10.1 Å². The standard InChI is InChI=1S/C28H41N5O/c34-25-22-23-14-20-31(21-15-23)16-8-4-2-1-3-5-11-19-33-28-24(27(25)30-33)12-13-26(29-28)32-17-9-6-7-10-18-32/h4,8,12-13,23H,1-3,5-7,9-11,14-22H2/b8-4+. The van der Waals surface area contributed by atoms with Crippen molar-refractivity contribution in [3.8, 4) is 0 Å². The van der Waals surface area contributed by atoms with Crippen LogP contribution in [0.2, 0.25) is 0 Å². The number of aryl methyl sites for hydroxylation is 1. The lowest BCUT2D eigenvalue weighted by molar-refractivity contribution is 0.0928. The lowest BCUT2D eigenvalue weighted by Gasteiger charge is -2.30. The second-order valence-corrected chi connectivity index (χ2v) is 10.6. The average Bonchev–Trinajstić information content (AvgIpc) is 3.02. The zero-order chi connectivity index (χ0) is 23.2. The van der Waals surface area contributed by atoms with Crippen molar-refractivity contribution in [2.75, 3.05) is 37.6 Å². The van der Waals surface area contributed by atoms with Crippen LogP contribution in [-0.4, -0.2) is 58.2 Å². The van der Waals surface area contributed by atoms with Gasteiger partial charge in [-0.15, -0.1) is 0 Å². The van der Waals surface area contributed by atoms with Gasteiger partial charge in [-0.05, 0) is 76.1 Å². The van der Waals surface area contributed by atoms with Crippen LogP contribution in [0.1, 0.15) is 87.5 Å². The van der Waals surface area contributed by atoms with Crippen LogP contribution in [0.5, 0.6) is 0 Å². The number of anilines is 1. The van der Waals surface area contributed by atoms with E-state index in [1.165, 1.54) is 51.4 Å². The van der Waals surface area contributed by atoms with Gasteiger partial charge in [0.25, 0.3) is 0 Å². The van der Waals surface area contributed by atoms with Crippen molar-refractivity contribution in [2.45, 2.75) is 83.6 Å². The van der Waals surface area contributed by atoms with Crippen LogP contribution >= 0.6 is 0 Å². The van der Waals surface area contributed by atoms with Crippen LogP contribution in [0.3, 0.4) is 0 Å². The molecule has 184 valence electrons. The molecular weight excluding hydrogens is 422 g/mol. The highest BCUT2D eigenvalue weighted by atomic mass is 16.1. The Morgan fingerprint density at radius 3 is 2.32 bits per heavy atom. The van der Waals surface area contributed by atoms with Gasteiger partial charge in [-0.3, -0.25) is 9.69 Å². The number of piperidine rings is 1. The smallest absolute Gasteiger partial charge is 0.184 e. The summed E-state index contributed by atoms with van der Waals surface area (Å²) in [5.41, 5.74) is 1.55. The number of hydrogen-bond acceptors (Lipinski definition) is 5. The molecule has 4 aliphatic heterocycles. The monoisotopic (exact) mass is 463 g/mol. The highest BCUT2D eigenvalue weighted by Crippen LogP contribution is 2.28. The molecule has 6 nitrogen and oxygen atoms in total. The molecule has 0 aromatic carbocycles. The maximum atomic E-state index is 13.4. The van der Waals surface area contributed by atoms with Crippen LogP contribution in [0.25, 0.3) is 11.0 Å². The number of pyridine rings is 1. The van der Waals surface area contributed by atoms with Gasteiger partial charge in [-0.2, -0.15) is 5.10 Å². The highest BCUT2D eigenvalue weighted by Gasteiger charge is 2.25. The van der Waals surface area contributed by atoms with Crippen LogP contribution in [0.4, 0.5) is 5.82 Å². The summed E-state index contributed by atoms with van der Waals surface area (Å²) in [6.07, 6.45) is 18.6. The molecule has 0 N–H and O–H groups in total. The summed E-state index contributed by atoms with van der Waals surface area (Å²) in [5, 5.41) is 5.83. The lowest BCUT2D eigenvalue weighted by atomic mass is 9.90. The molecule has 2 aromatic rings. The van der Waals surface area contributed by atoms with E-state index in [0.29, 0.717) is 18.0 Å². The normalized spacial score (nSPS) is 26.7. The van der Waals surface area contributed by atoms with Crippen molar-refractivity contribution in [1.29, 1.82) is 0 Å². The molecule has 4 aliphatic rings. The zero-order valence-corrected chi connectivity index (χ0v) is 20.8. The minimum atomic E-state index is 0.201. The highest BCUT2D eigenvalue weighted by molar-refractivity contribution is 6.05. The van der Waals surface area contributed by atoms with Gasteiger partial charge in [-0.25, -0.2) is 9.67 Å². The molecule has 0 aliphatic carbocycles. The van der Waals surface area contributed by atoms with Crippen LogP contribution in [0, 0.1) is 5.92 Å². The Morgan fingerprint density at radius 2 is 1.53 bits per heavy atom. The molecule has 6 rings (SSSR count). The van der Waals surface area contributed by atoms with E-state index < -0.39 is 0 Å². The number of carbonyl (C=O) groups excluding carboxylic acids is 1. The van der Waals surface area contributed by atoms with E-state index in [1.54, 1.807) is 0 Å². The van der Waals surface area contributed by atoms with Gasteiger partial charge in [0.1, 0.15) is 11.5 Å². The second kappa shape index (κ2) is 11.5. The fraction of sp³-hybridized carbons (Fsp3) is 0.679. The maximum Gasteiger partial charge on any atom is 0.184 e.